The lowest BCUT2D eigenvalue weighted by molar-refractivity contribution is 0.250. The Balaban J connectivity index is 1.64. The summed E-state index contributed by atoms with van der Waals surface area (Å²) in [6, 6.07) is 7.66. The molecule has 2 N–H and O–H groups in total. The van der Waals surface area contributed by atoms with Gasteiger partial charge >= 0.3 is 6.03 Å². The SMILES string of the molecule is Cc1ccccc1OCCCNC(=O)Nc1nc(C)c(C)s1. The molecule has 0 spiro atoms. The van der Waals surface area contributed by atoms with E-state index in [1.54, 1.807) is 0 Å². The van der Waals surface area contributed by atoms with E-state index in [1.165, 1.54) is 11.3 Å². The summed E-state index contributed by atoms with van der Waals surface area (Å²) in [6.45, 7) is 7.05. The molecule has 0 bridgehead atoms. The highest BCUT2D eigenvalue weighted by atomic mass is 32.1. The van der Waals surface area contributed by atoms with E-state index in [0.29, 0.717) is 18.3 Å². The van der Waals surface area contributed by atoms with Crippen molar-refractivity contribution in [3.63, 3.8) is 0 Å². The number of carbonyl (C=O) groups excluding carboxylic acids is 1. The van der Waals surface area contributed by atoms with E-state index >= 15 is 0 Å². The molecule has 1 aromatic carbocycles. The monoisotopic (exact) mass is 319 g/mol. The molecule has 0 unspecified atom stereocenters. The van der Waals surface area contributed by atoms with Crippen molar-refractivity contribution < 1.29 is 9.53 Å². The van der Waals surface area contributed by atoms with E-state index in [0.717, 1.165) is 28.3 Å². The van der Waals surface area contributed by atoms with E-state index in [1.807, 2.05) is 45.0 Å². The van der Waals surface area contributed by atoms with E-state index in [4.69, 9.17) is 4.74 Å². The van der Waals surface area contributed by atoms with Crippen LogP contribution in [0.2, 0.25) is 0 Å². The maximum absolute atomic E-state index is 11.7. The van der Waals surface area contributed by atoms with Crippen LogP contribution in [0.3, 0.4) is 0 Å². The van der Waals surface area contributed by atoms with Gasteiger partial charge in [-0.15, -0.1) is 11.3 Å². The highest BCUT2D eigenvalue weighted by Gasteiger charge is 2.07. The zero-order valence-electron chi connectivity index (χ0n) is 13.1. The number of urea groups is 1. The first kappa shape index (κ1) is 16.3. The number of aryl methyl sites for hydroxylation is 3. The van der Waals surface area contributed by atoms with Crippen LogP contribution >= 0.6 is 11.3 Å². The summed E-state index contributed by atoms with van der Waals surface area (Å²) in [4.78, 5) is 17.1. The zero-order valence-corrected chi connectivity index (χ0v) is 13.9. The van der Waals surface area contributed by atoms with E-state index in [9.17, 15) is 4.79 Å². The van der Waals surface area contributed by atoms with Gasteiger partial charge in [0, 0.05) is 11.4 Å². The summed E-state index contributed by atoms with van der Waals surface area (Å²) in [5.74, 6) is 0.890. The van der Waals surface area contributed by atoms with Gasteiger partial charge in [0.25, 0.3) is 0 Å². The smallest absolute Gasteiger partial charge is 0.321 e. The molecule has 5 nitrogen and oxygen atoms in total. The lowest BCUT2D eigenvalue weighted by Gasteiger charge is -2.09. The van der Waals surface area contributed by atoms with Gasteiger partial charge in [-0.1, -0.05) is 18.2 Å². The molecule has 0 aliphatic rings. The minimum absolute atomic E-state index is 0.232. The molecule has 118 valence electrons. The fourth-order valence-electron chi connectivity index (χ4n) is 1.84. The number of ether oxygens (including phenoxy) is 1. The normalized spacial score (nSPS) is 10.3. The van der Waals surface area contributed by atoms with Crippen molar-refractivity contribution in [3.05, 3.63) is 40.4 Å². The van der Waals surface area contributed by atoms with Crippen molar-refractivity contribution >= 4 is 22.5 Å². The van der Waals surface area contributed by atoms with Crippen LogP contribution in [0.15, 0.2) is 24.3 Å². The molecule has 2 aromatic rings. The minimum Gasteiger partial charge on any atom is -0.493 e. The molecule has 2 amide bonds. The van der Waals surface area contributed by atoms with Crippen molar-refractivity contribution in [1.82, 2.24) is 10.3 Å². The second-order valence-electron chi connectivity index (χ2n) is 5.01. The number of carbonyl (C=O) groups is 1. The number of para-hydroxylation sites is 1. The highest BCUT2D eigenvalue weighted by Crippen LogP contribution is 2.20. The molecule has 1 aromatic heterocycles. The molecule has 22 heavy (non-hydrogen) atoms. The molecule has 2 rings (SSSR count). The van der Waals surface area contributed by atoms with Crippen LogP contribution in [0.4, 0.5) is 9.93 Å². The Morgan fingerprint density at radius 1 is 1.27 bits per heavy atom. The van der Waals surface area contributed by atoms with Crippen LogP contribution in [0, 0.1) is 20.8 Å². The molecule has 0 saturated carbocycles. The number of thiazole rings is 1. The maximum atomic E-state index is 11.7. The van der Waals surface area contributed by atoms with Crippen LogP contribution in [-0.2, 0) is 0 Å². The Morgan fingerprint density at radius 2 is 2.05 bits per heavy atom. The van der Waals surface area contributed by atoms with Gasteiger partial charge in [-0.05, 0) is 38.8 Å². The number of nitrogens with zero attached hydrogens (tertiary/aromatic N) is 1. The third-order valence-electron chi connectivity index (χ3n) is 3.21. The second kappa shape index (κ2) is 7.79. The van der Waals surface area contributed by atoms with Gasteiger partial charge in [-0.3, -0.25) is 5.32 Å². The first-order chi connectivity index (χ1) is 10.6. The van der Waals surface area contributed by atoms with Crippen LogP contribution in [0.5, 0.6) is 5.75 Å². The molecule has 0 aliphatic heterocycles. The van der Waals surface area contributed by atoms with E-state index in [2.05, 4.69) is 15.6 Å². The number of hydrogen-bond donors (Lipinski definition) is 2. The number of hydrogen-bond acceptors (Lipinski definition) is 4. The Kier molecular flexibility index (Phi) is 5.77. The summed E-state index contributed by atoms with van der Waals surface area (Å²) >= 11 is 1.48. The van der Waals surface area contributed by atoms with Gasteiger partial charge in [0.15, 0.2) is 5.13 Å². The van der Waals surface area contributed by atoms with Gasteiger partial charge in [0.05, 0.1) is 12.3 Å². The molecule has 0 radical (unpaired) electrons. The standard InChI is InChI=1S/C16H21N3O2S/c1-11-7-4-5-8-14(11)21-10-6-9-17-15(20)19-16-18-12(2)13(3)22-16/h4-5,7-8H,6,9-10H2,1-3H3,(H2,17,18,19,20). The number of anilines is 1. The van der Waals surface area contributed by atoms with Gasteiger partial charge in [-0.2, -0.15) is 0 Å². The van der Waals surface area contributed by atoms with E-state index in [-0.39, 0.29) is 6.03 Å². The largest absolute Gasteiger partial charge is 0.493 e. The molecule has 0 atom stereocenters. The number of rotatable bonds is 6. The number of amides is 2. The van der Waals surface area contributed by atoms with Gasteiger partial charge in [-0.25, -0.2) is 9.78 Å². The topological polar surface area (TPSA) is 63.2 Å². The number of benzene rings is 1. The summed E-state index contributed by atoms with van der Waals surface area (Å²) in [5.41, 5.74) is 2.06. The molecular formula is C16H21N3O2S. The predicted molar refractivity (Wildman–Crippen MR) is 89.9 cm³/mol. The fraction of sp³-hybridized carbons (Fsp3) is 0.375. The second-order valence-corrected chi connectivity index (χ2v) is 6.21. The summed E-state index contributed by atoms with van der Waals surface area (Å²) in [6.07, 6.45) is 0.748. The molecule has 1 heterocycles. The summed E-state index contributed by atoms with van der Waals surface area (Å²) < 4.78 is 5.67. The van der Waals surface area contributed by atoms with Gasteiger partial charge in [0.2, 0.25) is 0 Å². The van der Waals surface area contributed by atoms with Crippen molar-refractivity contribution in [1.29, 1.82) is 0 Å². The van der Waals surface area contributed by atoms with Crippen LogP contribution in [0.25, 0.3) is 0 Å². The average molecular weight is 319 g/mol. The minimum atomic E-state index is -0.232. The summed E-state index contributed by atoms with van der Waals surface area (Å²) in [7, 11) is 0. The van der Waals surface area contributed by atoms with Crippen molar-refractivity contribution in [2.75, 3.05) is 18.5 Å². The Hall–Kier alpha value is -2.08. The molecule has 6 heteroatoms. The molecule has 0 aliphatic carbocycles. The van der Waals surface area contributed by atoms with E-state index < -0.39 is 0 Å². The summed E-state index contributed by atoms with van der Waals surface area (Å²) in [5, 5.41) is 6.16. The quantitative estimate of drug-likeness (QED) is 0.799. The highest BCUT2D eigenvalue weighted by molar-refractivity contribution is 7.15. The number of aromatic nitrogens is 1. The average Bonchev–Trinajstić information content (AvgIpc) is 2.78. The first-order valence-electron chi connectivity index (χ1n) is 7.23. The fourth-order valence-corrected chi connectivity index (χ4v) is 2.65. The Labute approximate surface area is 134 Å². The third-order valence-corrected chi connectivity index (χ3v) is 4.20. The van der Waals surface area contributed by atoms with Crippen molar-refractivity contribution in [2.24, 2.45) is 0 Å². The van der Waals surface area contributed by atoms with Gasteiger partial charge < -0.3 is 10.1 Å². The maximum Gasteiger partial charge on any atom is 0.321 e. The lowest BCUT2D eigenvalue weighted by Crippen LogP contribution is -2.30. The predicted octanol–water partition coefficient (Wildman–Crippen LogP) is 3.66. The molecule has 0 saturated heterocycles. The Bertz CT molecular complexity index is 621. The van der Waals surface area contributed by atoms with Gasteiger partial charge in [0.1, 0.15) is 5.75 Å². The van der Waals surface area contributed by atoms with Crippen LogP contribution < -0.4 is 15.4 Å². The Morgan fingerprint density at radius 3 is 2.73 bits per heavy atom. The zero-order chi connectivity index (χ0) is 15.9. The van der Waals surface area contributed by atoms with Crippen LogP contribution in [0.1, 0.15) is 22.6 Å². The number of nitrogens with one attached hydrogen (secondary N) is 2. The van der Waals surface area contributed by atoms with Crippen molar-refractivity contribution in [3.8, 4) is 5.75 Å². The van der Waals surface area contributed by atoms with Crippen molar-refractivity contribution in [2.45, 2.75) is 27.2 Å². The lowest BCUT2D eigenvalue weighted by atomic mass is 10.2. The third kappa shape index (κ3) is 4.73. The van der Waals surface area contributed by atoms with Crippen LogP contribution in [-0.4, -0.2) is 24.2 Å². The molecule has 0 fully saturated rings. The molecular weight excluding hydrogens is 298 g/mol. The first-order valence-corrected chi connectivity index (χ1v) is 8.05.